The van der Waals surface area contributed by atoms with E-state index in [-0.39, 0.29) is 0 Å². The van der Waals surface area contributed by atoms with E-state index in [4.69, 9.17) is 0 Å². The van der Waals surface area contributed by atoms with E-state index in [9.17, 15) is 0 Å². The first-order valence-corrected chi connectivity index (χ1v) is 8.43. The van der Waals surface area contributed by atoms with Crippen molar-refractivity contribution >= 4 is 0 Å². The molecule has 1 fully saturated rings. The van der Waals surface area contributed by atoms with Gasteiger partial charge in [0.25, 0.3) is 0 Å². The minimum Gasteiger partial charge on any atom is -0.312 e. The van der Waals surface area contributed by atoms with Crippen LogP contribution in [0.4, 0.5) is 0 Å². The van der Waals surface area contributed by atoms with Gasteiger partial charge in [-0.1, -0.05) is 50.6 Å². The first-order valence-electron chi connectivity index (χ1n) is 8.43. The zero-order valence-corrected chi connectivity index (χ0v) is 14.2. The molecule has 0 radical (unpaired) electrons. The second-order valence-electron chi connectivity index (χ2n) is 7.59. The predicted octanol–water partition coefficient (Wildman–Crippen LogP) is 4.24. The molecule has 0 heterocycles. The van der Waals surface area contributed by atoms with Crippen molar-refractivity contribution < 1.29 is 0 Å². The number of benzene rings is 1. The Morgan fingerprint density at radius 3 is 2.52 bits per heavy atom. The Bertz CT molecular complexity index is 411. The zero-order chi connectivity index (χ0) is 15.3. The summed E-state index contributed by atoms with van der Waals surface area (Å²) in [6, 6.07) is 12.0. The number of hydrogen-bond acceptors (Lipinski definition) is 2. The topological polar surface area (TPSA) is 15.3 Å². The monoisotopic (exact) mass is 288 g/mol. The highest BCUT2D eigenvalue weighted by atomic mass is 15.1. The van der Waals surface area contributed by atoms with Crippen molar-refractivity contribution in [2.45, 2.75) is 58.0 Å². The van der Waals surface area contributed by atoms with Gasteiger partial charge in [0.15, 0.2) is 0 Å². The summed E-state index contributed by atoms with van der Waals surface area (Å²) in [5.74, 6) is 0. The summed E-state index contributed by atoms with van der Waals surface area (Å²) in [6.45, 7) is 5.88. The van der Waals surface area contributed by atoms with Crippen LogP contribution >= 0.6 is 0 Å². The lowest BCUT2D eigenvalue weighted by molar-refractivity contribution is 0.271. The van der Waals surface area contributed by atoms with E-state index in [1.165, 1.54) is 37.7 Å². The molecule has 1 aromatic carbocycles. The van der Waals surface area contributed by atoms with Crippen molar-refractivity contribution in [1.82, 2.24) is 10.2 Å². The molecule has 2 rings (SSSR count). The first kappa shape index (κ1) is 16.5. The lowest BCUT2D eigenvalue weighted by Crippen LogP contribution is -2.37. The minimum absolute atomic E-state index is 0.461. The molecule has 0 aliphatic heterocycles. The average Bonchev–Trinajstić information content (AvgIpc) is 2.61. The molecule has 0 bridgehead atoms. The lowest BCUT2D eigenvalue weighted by Gasteiger charge is -2.28. The van der Waals surface area contributed by atoms with Crippen molar-refractivity contribution in [2.24, 2.45) is 5.41 Å². The molecule has 0 spiro atoms. The minimum atomic E-state index is 0.461. The van der Waals surface area contributed by atoms with E-state index in [0.717, 1.165) is 6.54 Å². The zero-order valence-electron chi connectivity index (χ0n) is 14.2. The van der Waals surface area contributed by atoms with E-state index in [1.807, 2.05) is 0 Å². The molecule has 1 aliphatic rings. The molecule has 2 unspecified atom stereocenters. The summed E-state index contributed by atoms with van der Waals surface area (Å²) in [4.78, 5) is 2.32. The van der Waals surface area contributed by atoms with Crippen LogP contribution in [0.25, 0.3) is 0 Å². The molecule has 1 aromatic rings. The second kappa shape index (κ2) is 7.42. The van der Waals surface area contributed by atoms with Gasteiger partial charge in [-0.05, 0) is 50.8 Å². The van der Waals surface area contributed by atoms with Crippen molar-refractivity contribution in [3.8, 4) is 0 Å². The molecular weight excluding hydrogens is 256 g/mol. The van der Waals surface area contributed by atoms with Gasteiger partial charge in [0, 0.05) is 18.6 Å². The van der Waals surface area contributed by atoms with Gasteiger partial charge >= 0.3 is 0 Å². The van der Waals surface area contributed by atoms with E-state index < -0.39 is 0 Å². The third-order valence-electron chi connectivity index (χ3n) is 4.98. The van der Waals surface area contributed by atoms with E-state index in [0.29, 0.717) is 17.5 Å². The molecule has 0 saturated heterocycles. The largest absolute Gasteiger partial charge is 0.312 e. The Balaban J connectivity index is 1.90. The fourth-order valence-corrected chi connectivity index (χ4v) is 3.42. The van der Waals surface area contributed by atoms with Crippen LogP contribution in [0.15, 0.2) is 30.3 Å². The van der Waals surface area contributed by atoms with Gasteiger partial charge < -0.3 is 10.2 Å². The standard InChI is InChI=1S/C19H32N2/c1-19(2)13-8-11-17(12-14-19)20-15-18(21(3)4)16-9-6-5-7-10-16/h5-7,9-10,17-18,20H,8,11-15H2,1-4H3. The maximum absolute atomic E-state index is 3.84. The first-order chi connectivity index (χ1) is 9.98. The smallest absolute Gasteiger partial charge is 0.0466 e. The highest BCUT2D eigenvalue weighted by Gasteiger charge is 2.25. The SMILES string of the molecule is CN(C)C(CNC1CCCC(C)(C)CC1)c1ccccc1. The van der Waals surface area contributed by atoms with Crippen LogP contribution in [-0.2, 0) is 0 Å². The molecule has 1 aliphatic carbocycles. The van der Waals surface area contributed by atoms with Crippen LogP contribution in [-0.4, -0.2) is 31.6 Å². The number of nitrogens with one attached hydrogen (secondary N) is 1. The Labute approximate surface area is 130 Å². The van der Waals surface area contributed by atoms with Gasteiger partial charge in [-0.3, -0.25) is 0 Å². The van der Waals surface area contributed by atoms with Crippen LogP contribution in [0.2, 0.25) is 0 Å². The highest BCUT2D eigenvalue weighted by molar-refractivity contribution is 5.19. The summed E-state index contributed by atoms with van der Waals surface area (Å²) in [7, 11) is 4.35. The highest BCUT2D eigenvalue weighted by Crippen LogP contribution is 2.33. The Kier molecular flexibility index (Phi) is 5.83. The quantitative estimate of drug-likeness (QED) is 0.815. The van der Waals surface area contributed by atoms with E-state index in [1.54, 1.807) is 0 Å². The van der Waals surface area contributed by atoms with Crippen molar-refractivity contribution in [3.63, 3.8) is 0 Å². The number of rotatable bonds is 5. The Hall–Kier alpha value is -0.860. The maximum atomic E-state index is 3.84. The summed E-state index contributed by atoms with van der Waals surface area (Å²) >= 11 is 0. The van der Waals surface area contributed by atoms with E-state index >= 15 is 0 Å². The number of hydrogen-bond donors (Lipinski definition) is 1. The Morgan fingerprint density at radius 2 is 1.86 bits per heavy atom. The second-order valence-corrected chi connectivity index (χ2v) is 7.59. The molecule has 2 heteroatoms. The van der Waals surface area contributed by atoms with Gasteiger partial charge in [-0.2, -0.15) is 0 Å². The third kappa shape index (κ3) is 5.12. The van der Waals surface area contributed by atoms with Crippen LogP contribution in [0.1, 0.15) is 57.6 Å². The molecule has 21 heavy (non-hydrogen) atoms. The van der Waals surface area contributed by atoms with E-state index in [2.05, 4.69) is 68.5 Å². The Morgan fingerprint density at radius 1 is 1.14 bits per heavy atom. The van der Waals surface area contributed by atoms with Gasteiger partial charge in [-0.25, -0.2) is 0 Å². The molecule has 2 atom stereocenters. The molecule has 1 saturated carbocycles. The van der Waals surface area contributed by atoms with Crippen LogP contribution < -0.4 is 5.32 Å². The summed E-state index contributed by atoms with van der Waals surface area (Å²) in [5.41, 5.74) is 1.94. The summed E-state index contributed by atoms with van der Waals surface area (Å²) < 4.78 is 0. The third-order valence-corrected chi connectivity index (χ3v) is 4.98. The van der Waals surface area contributed by atoms with Crippen LogP contribution in [0, 0.1) is 5.41 Å². The van der Waals surface area contributed by atoms with Gasteiger partial charge in [0.05, 0.1) is 0 Å². The van der Waals surface area contributed by atoms with Crippen molar-refractivity contribution in [2.75, 3.05) is 20.6 Å². The molecule has 0 aromatic heterocycles. The van der Waals surface area contributed by atoms with Crippen LogP contribution in [0.5, 0.6) is 0 Å². The van der Waals surface area contributed by atoms with Crippen LogP contribution in [0.3, 0.4) is 0 Å². The fraction of sp³-hybridized carbons (Fsp3) is 0.684. The van der Waals surface area contributed by atoms with Crippen molar-refractivity contribution in [3.05, 3.63) is 35.9 Å². The lowest BCUT2D eigenvalue weighted by atomic mass is 9.85. The molecule has 2 nitrogen and oxygen atoms in total. The molecule has 1 N–H and O–H groups in total. The predicted molar refractivity (Wildman–Crippen MR) is 91.5 cm³/mol. The summed E-state index contributed by atoms with van der Waals surface area (Å²) in [5, 5.41) is 3.84. The summed E-state index contributed by atoms with van der Waals surface area (Å²) in [6.07, 6.45) is 6.74. The average molecular weight is 288 g/mol. The van der Waals surface area contributed by atoms with Gasteiger partial charge in [-0.15, -0.1) is 0 Å². The van der Waals surface area contributed by atoms with Gasteiger partial charge in [0.1, 0.15) is 0 Å². The fourth-order valence-electron chi connectivity index (χ4n) is 3.42. The maximum Gasteiger partial charge on any atom is 0.0466 e. The molecular formula is C19H32N2. The van der Waals surface area contributed by atoms with Gasteiger partial charge in [0.2, 0.25) is 0 Å². The number of nitrogens with zero attached hydrogens (tertiary/aromatic N) is 1. The van der Waals surface area contributed by atoms with Crippen molar-refractivity contribution in [1.29, 1.82) is 0 Å². The molecule has 0 amide bonds. The molecule has 118 valence electrons. The normalized spacial score (nSPS) is 23.8. The number of likely N-dealkylation sites (N-methyl/N-ethyl adjacent to an activating group) is 1.